The van der Waals surface area contributed by atoms with E-state index in [2.05, 4.69) is 33.9 Å². The van der Waals surface area contributed by atoms with Crippen LogP contribution in [0.4, 0.5) is 0 Å². The highest BCUT2D eigenvalue weighted by Gasteiger charge is 2.36. The fourth-order valence-corrected chi connectivity index (χ4v) is 5.37. The van der Waals surface area contributed by atoms with Crippen molar-refractivity contribution in [2.45, 2.75) is 167 Å². The molecule has 0 aliphatic carbocycles. The van der Waals surface area contributed by atoms with Crippen molar-refractivity contribution < 1.29 is 13.9 Å². The lowest BCUT2D eigenvalue weighted by molar-refractivity contribution is -0.162. The minimum atomic E-state index is -1.53. The van der Waals surface area contributed by atoms with Crippen LogP contribution in [0.25, 0.3) is 0 Å². The highest BCUT2D eigenvalue weighted by molar-refractivity contribution is 6.74. The Balaban J connectivity index is 1.70. The summed E-state index contributed by atoms with van der Waals surface area (Å²) in [6.45, 7) is 14.4. The van der Waals surface area contributed by atoms with E-state index in [9.17, 15) is 0 Å². The Kier molecular flexibility index (Phi) is 18.2. The van der Waals surface area contributed by atoms with Crippen LogP contribution >= 0.6 is 0 Å². The van der Waals surface area contributed by atoms with Gasteiger partial charge in [-0.1, -0.05) is 111 Å². The zero-order valence-corrected chi connectivity index (χ0v) is 24.4. The molecule has 1 fully saturated rings. The van der Waals surface area contributed by atoms with Crippen LogP contribution in [-0.2, 0) is 13.9 Å². The van der Waals surface area contributed by atoms with Crippen molar-refractivity contribution >= 4 is 8.32 Å². The number of ether oxygens (including phenoxy) is 2. The van der Waals surface area contributed by atoms with Crippen molar-refractivity contribution in [1.82, 2.24) is 0 Å². The van der Waals surface area contributed by atoms with E-state index in [1.165, 1.54) is 116 Å². The fourth-order valence-electron chi connectivity index (χ4n) is 4.28. The van der Waals surface area contributed by atoms with Gasteiger partial charge in [0, 0.05) is 19.8 Å². The van der Waals surface area contributed by atoms with E-state index in [0.717, 1.165) is 26.2 Å². The molecule has 0 radical (unpaired) electrons. The fraction of sp³-hybridized carbons (Fsp3) is 1.00. The third-order valence-electron chi connectivity index (χ3n) is 7.75. The summed E-state index contributed by atoms with van der Waals surface area (Å²) in [6.07, 6.45) is 25.8. The van der Waals surface area contributed by atoms with Crippen molar-refractivity contribution in [2.24, 2.45) is 0 Å². The second-order valence-corrected chi connectivity index (χ2v) is 16.7. The molecule has 1 unspecified atom stereocenters. The zero-order valence-electron chi connectivity index (χ0n) is 23.4. The van der Waals surface area contributed by atoms with E-state index in [-0.39, 0.29) is 6.29 Å². The number of rotatable bonds is 21. The van der Waals surface area contributed by atoms with E-state index < -0.39 is 8.32 Å². The highest BCUT2D eigenvalue weighted by atomic mass is 28.4. The molecule has 0 bridgehead atoms. The lowest BCUT2D eigenvalue weighted by Gasteiger charge is -2.36. The summed E-state index contributed by atoms with van der Waals surface area (Å²) in [5, 5.41) is 0.340. The summed E-state index contributed by atoms with van der Waals surface area (Å²) in [7, 11) is -1.53. The third kappa shape index (κ3) is 17.2. The molecule has 1 atom stereocenters. The molecule has 3 nitrogen and oxygen atoms in total. The van der Waals surface area contributed by atoms with Crippen LogP contribution < -0.4 is 0 Å². The summed E-state index contributed by atoms with van der Waals surface area (Å²) in [5.74, 6) is 0. The van der Waals surface area contributed by atoms with E-state index in [1.54, 1.807) is 0 Å². The van der Waals surface area contributed by atoms with Crippen LogP contribution in [0.2, 0.25) is 18.1 Å². The lowest BCUT2D eigenvalue weighted by atomic mass is 10.0. The van der Waals surface area contributed by atoms with Crippen molar-refractivity contribution in [1.29, 1.82) is 0 Å². The number of hydrogen-bond donors (Lipinski definition) is 0. The van der Waals surface area contributed by atoms with Crippen molar-refractivity contribution in [3.63, 3.8) is 0 Å². The molecule has 0 aromatic rings. The van der Waals surface area contributed by atoms with Crippen molar-refractivity contribution in [2.75, 3.05) is 19.8 Å². The van der Waals surface area contributed by atoms with Crippen LogP contribution in [0.1, 0.15) is 143 Å². The summed E-state index contributed by atoms with van der Waals surface area (Å²) >= 11 is 0. The maximum Gasteiger partial charge on any atom is 0.191 e. The summed E-state index contributed by atoms with van der Waals surface area (Å²) in [6, 6.07) is 0. The smallest absolute Gasteiger partial charge is 0.191 e. The summed E-state index contributed by atoms with van der Waals surface area (Å²) in [5.41, 5.74) is 0. The number of unbranched alkanes of at least 4 members (excludes halogenated alkanes) is 15. The molecule has 198 valence electrons. The Morgan fingerprint density at radius 2 is 1.06 bits per heavy atom. The Morgan fingerprint density at radius 3 is 1.45 bits per heavy atom. The molecule has 1 saturated heterocycles. The molecule has 1 rings (SSSR count). The van der Waals surface area contributed by atoms with E-state index in [1.807, 2.05) is 0 Å². The van der Waals surface area contributed by atoms with Gasteiger partial charge < -0.3 is 13.9 Å². The molecule has 33 heavy (non-hydrogen) atoms. The minimum absolute atomic E-state index is 0.0938. The first-order valence-corrected chi connectivity index (χ1v) is 17.6. The second-order valence-electron chi connectivity index (χ2n) is 11.9. The molecule has 0 N–H and O–H groups in total. The first-order chi connectivity index (χ1) is 15.8. The lowest BCUT2D eigenvalue weighted by Crippen LogP contribution is -2.40. The molecule has 1 aliphatic heterocycles. The van der Waals surface area contributed by atoms with Crippen LogP contribution in [0.15, 0.2) is 0 Å². The van der Waals surface area contributed by atoms with E-state index in [4.69, 9.17) is 13.9 Å². The molecule has 0 amide bonds. The number of hydrogen-bond acceptors (Lipinski definition) is 3. The SMILES string of the molecule is CC(C)(C)[Si](C)(C)OCCCCCCCCCCCCCCCCCCOC1CCCCO1. The van der Waals surface area contributed by atoms with Gasteiger partial charge in [-0.3, -0.25) is 0 Å². The van der Waals surface area contributed by atoms with E-state index in [0.29, 0.717) is 5.04 Å². The van der Waals surface area contributed by atoms with Gasteiger partial charge in [0.15, 0.2) is 14.6 Å². The van der Waals surface area contributed by atoms with Gasteiger partial charge >= 0.3 is 0 Å². The Hall–Kier alpha value is 0.0969. The van der Waals surface area contributed by atoms with Crippen molar-refractivity contribution in [3.05, 3.63) is 0 Å². The Labute approximate surface area is 209 Å². The molecular weight excluding hydrogens is 424 g/mol. The summed E-state index contributed by atoms with van der Waals surface area (Å²) < 4.78 is 17.7. The predicted octanol–water partition coefficient (Wildman–Crippen LogP) is 9.79. The molecule has 0 spiro atoms. The maximum absolute atomic E-state index is 6.27. The molecule has 1 aliphatic rings. The molecule has 0 aromatic heterocycles. The largest absolute Gasteiger partial charge is 0.417 e. The first-order valence-electron chi connectivity index (χ1n) is 14.7. The Morgan fingerprint density at radius 1 is 0.636 bits per heavy atom. The van der Waals surface area contributed by atoms with Crippen molar-refractivity contribution in [3.8, 4) is 0 Å². The molecule has 0 aromatic carbocycles. The van der Waals surface area contributed by atoms with Gasteiger partial charge in [-0.2, -0.15) is 0 Å². The van der Waals surface area contributed by atoms with Gasteiger partial charge in [0.1, 0.15) is 0 Å². The third-order valence-corrected chi connectivity index (χ3v) is 12.3. The molecule has 4 heteroatoms. The summed E-state index contributed by atoms with van der Waals surface area (Å²) in [4.78, 5) is 0. The quantitative estimate of drug-likeness (QED) is 0.120. The minimum Gasteiger partial charge on any atom is -0.417 e. The topological polar surface area (TPSA) is 27.7 Å². The van der Waals surface area contributed by atoms with Gasteiger partial charge in [0.25, 0.3) is 0 Å². The first kappa shape index (κ1) is 31.1. The highest BCUT2D eigenvalue weighted by Crippen LogP contribution is 2.36. The average molecular weight is 485 g/mol. The molecule has 0 saturated carbocycles. The molecule has 1 heterocycles. The van der Waals surface area contributed by atoms with Crippen LogP contribution in [0.5, 0.6) is 0 Å². The second kappa shape index (κ2) is 19.3. The normalized spacial score (nSPS) is 17.5. The van der Waals surface area contributed by atoms with Crippen LogP contribution in [-0.4, -0.2) is 34.4 Å². The molecular formula is C29H60O3Si. The zero-order chi connectivity index (χ0) is 24.3. The van der Waals surface area contributed by atoms with Gasteiger partial charge in [0.05, 0.1) is 0 Å². The monoisotopic (exact) mass is 484 g/mol. The average Bonchev–Trinajstić information content (AvgIpc) is 2.77. The Bertz CT molecular complexity index is 427. The van der Waals surface area contributed by atoms with Crippen LogP contribution in [0.3, 0.4) is 0 Å². The van der Waals surface area contributed by atoms with Gasteiger partial charge in [-0.15, -0.1) is 0 Å². The van der Waals surface area contributed by atoms with Gasteiger partial charge in [-0.25, -0.2) is 0 Å². The van der Waals surface area contributed by atoms with E-state index >= 15 is 0 Å². The van der Waals surface area contributed by atoms with Gasteiger partial charge in [-0.05, 0) is 50.2 Å². The predicted molar refractivity (Wildman–Crippen MR) is 147 cm³/mol. The maximum atomic E-state index is 6.27. The van der Waals surface area contributed by atoms with Gasteiger partial charge in [0.2, 0.25) is 0 Å². The van der Waals surface area contributed by atoms with Crippen LogP contribution in [0, 0.1) is 0 Å². The standard InChI is InChI=1S/C29H60O3Si/c1-29(2,3)33(4,5)32-27-22-19-17-15-13-11-9-7-6-8-10-12-14-16-18-21-25-30-28-24-20-23-26-31-28/h28H,6-27H2,1-5H3.